The Morgan fingerprint density at radius 2 is 1.74 bits per heavy atom. The third-order valence-corrected chi connectivity index (χ3v) is 3.43. The summed E-state index contributed by atoms with van der Waals surface area (Å²) < 4.78 is 41.1. The molecule has 0 saturated heterocycles. The van der Waals surface area contributed by atoms with E-state index >= 15 is 0 Å². The van der Waals surface area contributed by atoms with Crippen molar-refractivity contribution in [2.75, 3.05) is 0 Å². The summed E-state index contributed by atoms with van der Waals surface area (Å²) in [4.78, 5) is 15.3. The van der Waals surface area contributed by atoms with E-state index < -0.39 is 23.4 Å². The van der Waals surface area contributed by atoms with E-state index in [1.807, 2.05) is 0 Å². The molecule has 23 heavy (non-hydrogen) atoms. The van der Waals surface area contributed by atoms with E-state index in [1.165, 1.54) is 6.07 Å². The fourth-order valence-corrected chi connectivity index (χ4v) is 2.46. The largest absolute Gasteiger partial charge is 0.478 e. The standard InChI is InChI=1S/C16H9F3N2O2/c17-7-1-2-9-10(3-7)11-4-8(18)5-13(19)15(11)21-14(9)12(6-20)16(22)23/h1-6H,20H2,(H,22,23). The van der Waals surface area contributed by atoms with E-state index in [0.29, 0.717) is 6.07 Å². The number of pyridine rings is 1. The molecule has 0 unspecified atom stereocenters. The highest BCUT2D eigenvalue weighted by Gasteiger charge is 2.19. The SMILES string of the molecule is NC=C(C(=O)O)c1nc2c(F)cc(F)cc2c2cc(F)ccc12. The van der Waals surface area contributed by atoms with Crippen LogP contribution in [0, 0.1) is 17.5 Å². The van der Waals surface area contributed by atoms with Crippen LogP contribution in [0.25, 0.3) is 27.2 Å². The molecule has 1 aromatic heterocycles. The zero-order chi connectivity index (χ0) is 16.7. The summed E-state index contributed by atoms with van der Waals surface area (Å²) in [7, 11) is 0. The van der Waals surface area contributed by atoms with Gasteiger partial charge in [-0.25, -0.2) is 22.9 Å². The van der Waals surface area contributed by atoms with Crippen LogP contribution in [0.3, 0.4) is 0 Å². The Balaban J connectivity index is 2.57. The van der Waals surface area contributed by atoms with Crippen molar-refractivity contribution in [1.29, 1.82) is 0 Å². The van der Waals surface area contributed by atoms with Gasteiger partial charge >= 0.3 is 5.97 Å². The molecule has 116 valence electrons. The van der Waals surface area contributed by atoms with Gasteiger partial charge in [-0.1, -0.05) is 0 Å². The van der Waals surface area contributed by atoms with E-state index in [4.69, 9.17) is 5.73 Å². The maximum Gasteiger partial charge on any atom is 0.339 e. The minimum Gasteiger partial charge on any atom is -0.478 e. The summed E-state index contributed by atoms with van der Waals surface area (Å²) in [6, 6.07) is 5.10. The lowest BCUT2D eigenvalue weighted by Gasteiger charge is -2.11. The van der Waals surface area contributed by atoms with Gasteiger partial charge in [-0.2, -0.15) is 0 Å². The van der Waals surface area contributed by atoms with Gasteiger partial charge in [-0.3, -0.25) is 0 Å². The molecule has 3 aromatic rings. The Labute approximate surface area is 127 Å². The van der Waals surface area contributed by atoms with Gasteiger partial charge in [0.1, 0.15) is 22.7 Å². The molecule has 1 heterocycles. The van der Waals surface area contributed by atoms with Crippen LogP contribution < -0.4 is 5.73 Å². The molecule has 0 spiro atoms. The molecule has 3 N–H and O–H groups in total. The number of aromatic nitrogens is 1. The van der Waals surface area contributed by atoms with Crippen LogP contribution in [-0.4, -0.2) is 16.1 Å². The summed E-state index contributed by atoms with van der Waals surface area (Å²) in [5.41, 5.74) is 4.57. The van der Waals surface area contributed by atoms with Crippen molar-refractivity contribution in [3.05, 3.63) is 59.7 Å². The average molecular weight is 318 g/mol. The Morgan fingerprint density at radius 1 is 1.04 bits per heavy atom. The first-order valence-electron chi connectivity index (χ1n) is 6.46. The maximum atomic E-state index is 14.0. The molecule has 0 radical (unpaired) electrons. The van der Waals surface area contributed by atoms with Gasteiger partial charge in [-0.15, -0.1) is 0 Å². The number of hydrogen-bond donors (Lipinski definition) is 2. The second-order valence-electron chi connectivity index (χ2n) is 4.82. The molecular formula is C16H9F3N2O2. The zero-order valence-corrected chi connectivity index (χ0v) is 11.5. The van der Waals surface area contributed by atoms with Crippen molar-refractivity contribution in [2.45, 2.75) is 0 Å². The van der Waals surface area contributed by atoms with Crippen molar-refractivity contribution in [3.8, 4) is 0 Å². The van der Waals surface area contributed by atoms with Crippen molar-refractivity contribution in [1.82, 2.24) is 4.98 Å². The highest BCUT2D eigenvalue weighted by Crippen LogP contribution is 2.32. The first kappa shape index (κ1) is 14.8. The molecule has 7 heteroatoms. The van der Waals surface area contributed by atoms with Gasteiger partial charge in [0, 0.05) is 23.0 Å². The normalized spacial score (nSPS) is 12.0. The third-order valence-electron chi connectivity index (χ3n) is 3.43. The lowest BCUT2D eigenvalue weighted by molar-refractivity contribution is -0.130. The first-order chi connectivity index (χ1) is 10.9. The number of benzene rings is 2. The fourth-order valence-electron chi connectivity index (χ4n) is 2.46. The number of nitrogens with zero attached hydrogens (tertiary/aromatic N) is 1. The van der Waals surface area contributed by atoms with Crippen LogP contribution in [0.2, 0.25) is 0 Å². The van der Waals surface area contributed by atoms with Gasteiger partial charge in [0.2, 0.25) is 0 Å². The molecule has 3 rings (SSSR count). The smallest absolute Gasteiger partial charge is 0.339 e. The quantitative estimate of drug-likeness (QED) is 0.562. The fraction of sp³-hybridized carbons (Fsp3) is 0. The van der Waals surface area contributed by atoms with Crippen LogP contribution >= 0.6 is 0 Å². The molecule has 0 atom stereocenters. The van der Waals surface area contributed by atoms with Gasteiger partial charge in [0.25, 0.3) is 0 Å². The molecule has 0 bridgehead atoms. The molecule has 4 nitrogen and oxygen atoms in total. The Hall–Kier alpha value is -3.09. The molecule has 0 aliphatic rings. The summed E-state index contributed by atoms with van der Waals surface area (Å²) in [5, 5.41) is 9.62. The van der Waals surface area contributed by atoms with Crippen LogP contribution in [0.4, 0.5) is 13.2 Å². The monoisotopic (exact) mass is 318 g/mol. The van der Waals surface area contributed by atoms with E-state index in [2.05, 4.69) is 4.98 Å². The number of aliphatic carboxylic acids is 1. The summed E-state index contributed by atoms with van der Waals surface area (Å²) in [5.74, 6) is -3.82. The Bertz CT molecular complexity index is 1000. The average Bonchev–Trinajstić information content (AvgIpc) is 2.48. The highest BCUT2D eigenvalue weighted by molar-refractivity contribution is 6.21. The second kappa shape index (κ2) is 5.28. The minimum absolute atomic E-state index is 0.0440. The lowest BCUT2D eigenvalue weighted by atomic mass is 10.00. The van der Waals surface area contributed by atoms with E-state index in [-0.39, 0.29) is 32.9 Å². The van der Waals surface area contributed by atoms with E-state index in [9.17, 15) is 23.1 Å². The molecule has 0 fully saturated rings. The number of carboxylic acid groups (broad SMARTS) is 1. The van der Waals surface area contributed by atoms with Gasteiger partial charge in [-0.05, 0) is 29.7 Å². The Kier molecular flexibility index (Phi) is 3.40. The van der Waals surface area contributed by atoms with Gasteiger partial charge < -0.3 is 10.8 Å². The molecule has 0 aliphatic heterocycles. The second-order valence-corrected chi connectivity index (χ2v) is 4.82. The zero-order valence-electron chi connectivity index (χ0n) is 11.5. The van der Waals surface area contributed by atoms with E-state index in [1.54, 1.807) is 0 Å². The number of rotatable bonds is 2. The Morgan fingerprint density at radius 3 is 2.39 bits per heavy atom. The first-order valence-corrected chi connectivity index (χ1v) is 6.46. The van der Waals surface area contributed by atoms with Gasteiger partial charge in [0.15, 0.2) is 5.82 Å². The number of carbonyl (C=O) groups is 1. The molecule has 2 aromatic carbocycles. The predicted octanol–water partition coefficient (Wildman–Crippen LogP) is 3.19. The number of fused-ring (bicyclic) bond motifs is 3. The molecular weight excluding hydrogens is 309 g/mol. The number of carboxylic acids is 1. The number of nitrogens with two attached hydrogens (primary N) is 1. The van der Waals surface area contributed by atoms with Crippen molar-refractivity contribution < 1.29 is 23.1 Å². The molecule has 0 saturated carbocycles. The lowest BCUT2D eigenvalue weighted by Crippen LogP contribution is -2.06. The molecule has 0 amide bonds. The van der Waals surface area contributed by atoms with Crippen LogP contribution in [0.5, 0.6) is 0 Å². The summed E-state index contributed by atoms with van der Waals surface area (Å²) >= 11 is 0. The van der Waals surface area contributed by atoms with E-state index in [0.717, 1.165) is 24.4 Å². The third kappa shape index (κ3) is 2.36. The number of hydrogen-bond acceptors (Lipinski definition) is 3. The van der Waals surface area contributed by atoms with Crippen LogP contribution in [0.15, 0.2) is 36.5 Å². The highest BCUT2D eigenvalue weighted by atomic mass is 19.1. The van der Waals surface area contributed by atoms with Crippen molar-refractivity contribution in [3.63, 3.8) is 0 Å². The van der Waals surface area contributed by atoms with Crippen LogP contribution in [0.1, 0.15) is 5.69 Å². The topological polar surface area (TPSA) is 76.2 Å². The van der Waals surface area contributed by atoms with Crippen molar-refractivity contribution >= 4 is 33.2 Å². The van der Waals surface area contributed by atoms with Crippen molar-refractivity contribution in [2.24, 2.45) is 5.73 Å². The predicted molar refractivity (Wildman–Crippen MR) is 78.9 cm³/mol. The maximum absolute atomic E-state index is 14.0. The number of halogens is 3. The minimum atomic E-state index is -1.37. The summed E-state index contributed by atoms with van der Waals surface area (Å²) in [6.07, 6.45) is 0.820. The summed E-state index contributed by atoms with van der Waals surface area (Å²) in [6.45, 7) is 0. The molecule has 0 aliphatic carbocycles. The van der Waals surface area contributed by atoms with Crippen LogP contribution in [-0.2, 0) is 4.79 Å². The van der Waals surface area contributed by atoms with Gasteiger partial charge in [0.05, 0.1) is 5.69 Å².